The van der Waals surface area contributed by atoms with Gasteiger partial charge >= 0.3 is 0 Å². The number of hydrogen-bond acceptors (Lipinski definition) is 3. The lowest BCUT2D eigenvalue weighted by atomic mass is 10.0. The van der Waals surface area contributed by atoms with Crippen LogP contribution in [0.2, 0.25) is 0 Å². The van der Waals surface area contributed by atoms with Crippen LogP contribution in [0.3, 0.4) is 0 Å². The molecule has 0 aliphatic rings. The van der Waals surface area contributed by atoms with Crippen LogP contribution in [0.15, 0.2) is 29.1 Å². The van der Waals surface area contributed by atoms with Crippen LogP contribution >= 0.6 is 0 Å². The summed E-state index contributed by atoms with van der Waals surface area (Å²) in [4.78, 5) is 23.7. The van der Waals surface area contributed by atoms with Gasteiger partial charge in [-0.1, -0.05) is 17.7 Å². The Hall–Kier alpha value is -2.23. The van der Waals surface area contributed by atoms with Crippen LogP contribution in [0.1, 0.15) is 35.3 Å². The van der Waals surface area contributed by atoms with Crippen LogP contribution < -0.4 is 5.56 Å². The summed E-state index contributed by atoms with van der Waals surface area (Å²) >= 11 is 0. The van der Waals surface area contributed by atoms with E-state index in [0.29, 0.717) is 12.2 Å². The Labute approximate surface area is 118 Å². The molecule has 0 aliphatic heterocycles. The highest BCUT2D eigenvalue weighted by atomic mass is 16.1. The Kier molecular flexibility index (Phi) is 3.84. The normalized spacial score (nSPS) is 10.6. The van der Waals surface area contributed by atoms with E-state index in [4.69, 9.17) is 0 Å². The molecule has 0 aliphatic carbocycles. The molecule has 0 amide bonds. The second-order valence-corrected chi connectivity index (χ2v) is 4.94. The van der Waals surface area contributed by atoms with Crippen LogP contribution in [0.4, 0.5) is 0 Å². The molecule has 0 radical (unpaired) electrons. The predicted molar refractivity (Wildman–Crippen MR) is 79.1 cm³/mol. The van der Waals surface area contributed by atoms with Crippen LogP contribution in [0.5, 0.6) is 0 Å². The minimum Gasteiger partial charge on any atom is -0.294 e. The van der Waals surface area contributed by atoms with E-state index >= 15 is 0 Å². The van der Waals surface area contributed by atoms with Crippen molar-refractivity contribution in [2.75, 3.05) is 0 Å². The quantitative estimate of drug-likeness (QED) is 0.806. The maximum absolute atomic E-state index is 12.1. The van der Waals surface area contributed by atoms with Crippen LogP contribution in [0.25, 0.3) is 11.3 Å². The standard InChI is InChI=1S/C16H18N2O2/c1-5-18-16(20)14(12(4)19)9-15(17-18)13-8-10(2)6-7-11(13)3/h6-9H,5H2,1-4H3. The molecular formula is C16H18N2O2. The fourth-order valence-corrected chi connectivity index (χ4v) is 2.15. The van der Waals surface area contributed by atoms with E-state index in [1.807, 2.05) is 39.0 Å². The van der Waals surface area contributed by atoms with E-state index in [0.717, 1.165) is 16.7 Å². The first-order chi connectivity index (χ1) is 9.43. The molecule has 2 aromatic rings. The summed E-state index contributed by atoms with van der Waals surface area (Å²) in [5, 5.41) is 4.36. The molecule has 20 heavy (non-hydrogen) atoms. The van der Waals surface area contributed by atoms with Gasteiger partial charge < -0.3 is 0 Å². The predicted octanol–water partition coefficient (Wildman–Crippen LogP) is 2.75. The minimum absolute atomic E-state index is 0.192. The Morgan fingerprint density at radius 1 is 1.25 bits per heavy atom. The molecule has 4 nitrogen and oxygen atoms in total. The summed E-state index contributed by atoms with van der Waals surface area (Å²) in [5.74, 6) is -0.230. The van der Waals surface area contributed by atoms with Gasteiger partial charge in [-0.25, -0.2) is 4.68 Å². The van der Waals surface area contributed by atoms with Gasteiger partial charge in [0.05, 0.1) is 11.3 Å². The number of aromatic nitrogens is 2. The number of ketones is 1. The highest BCUT2D eigenvalue weighted by Crippen LogP contribution is 2.22. The first-order valence-corrected chi connectivity index (χ1v) is 6.64. The summed E-state index contributed by atoms with van der Waals surface area (Å²) in [6, 6.07) is 7.66. The van der Waals surface area contributed by atoms with Gasteiger partial charge in [0, 0.05) is 12.1 Å². The lowest BCUT2D eigenvalue weighted by Gasteiger charge is -2.10. The number of carbonyl (C=O) groups is 1. The van der Waals surface area contributed by atoms with Crippen molar-refractivity contribution in [3.63, 3.8) is 0 Å². The molecule has 0 saturated carbocycles. The number of carbonyl (C=O) groups excluding carboxylic acids is 1. The zero-order valence-corrected chi connectivity index (χ0v) is 12.2. The van der Waals surface area contributed by atoms with E-state index < -0.39 is 0 Å². The maximum Gasteiger partial charge on any atom is 0.277 e. The zero-order chi connectivity index (χ0) is 14.9. The lowest BCUT2D eigenvalue weighted by molar-refractivity contribution is 0.101. The second kappa shape index (κ2) is 5.41. The Morgan fingerprint density at radius 2 is 1.95 bits per heavy atom. The van der Waals surface area contributed by atoms with Gasteiger partial charge in [0.25, 0.3) is 5.56 Å². The molecule has 2 rings (SSSR count). The highest BCUT2D eigenvalue weighted by molar-refractivity contribution is 5.94. The Bertz CT molecular complexity index is 730. The second-order valence-electron chi connectivity index (χ2n) is 4.94. The summed E-state index contributed by atoms with van der Waals surface area (Å²) < 4.78 is 1.34. The summed E-state index contributed by atoms with van der Waals surface area (Å²) in [7, 11) is 0. The molecular weight excluding hydrogens is 252 g/mol. The molecule has 0 spiro atoms. The number of aryl methyl sites for hydroxylation is 3. The van der Waals surface area contributed by atoms with E-state index in [9.17, 15) is 9.59 Å². The van der Waals surface area contributed by atoms with Crippen molar-refractivity contribution in [2.24, 2.45) is 0 Å². The van der Waals surface area contributed by atoms with Crippen molar-refractivity contribution in [3.8, 4) is 11.3 Å². The first kappa shape index (κ1) is 14.2. The summed E-state index contributed by atoms with van der Waals surface area (Å²) in [5.41, 5.74) is 3.67. The third kappa shape index (κ3) is 2.54. The largest absolute Gasteiger partial charge is 0.294 e. The molecule has 1 heterocycles. The van der Waals surface area contributed by atoms with E-state index in [2.05, 4.69) is 5.10 Å². The molecule has 0 N–H and O–H groups in total. The van der Waals surface area contributed by atoms with Crippen molar-refractivity contribution in [1.29, 1.82) is 0 Å². The maximum atomic E-state index is 12.1. The van der Waals surface area contributed by atoms with E-state index in [1.54, 1.807) is 6.07 Å². The van der Waals surface area contributed by atoms with Crippen LogP contribution in [-0.2, 0) is 6.54 Å². The van der Waals surface area contributed by atoms with Gasteiger partial charge in [-0.15, -0.1) is 0 Å². The van der Waals surface area contributed by atoms with Gasteiger partial charge in [0.15, 0.2) is 5.78 Å². The van der Waals surface area contributed by atoms with E-state index in [-0.39, 0.29) is 16.9 Å². The van der Waals surface area contributed by atoms with Crippen molar-refractivity contribution in [1.82, 2.24) is 9.78 Å². The number of benzene rings is 1. The van der Waals surface area contributed by atoms with Gasteiger partial charge in [-0.3, -0.25) is 9.59 Å². The SMILES string of the molecule is CCn1nc(-c2cc(C)ccc2C)cc(C(C)=O)c1=O. The first-order valence-electron chi connectivity index (χ1n) is 6.64. The zero-order valence-electron chi connectivity index (χ0n) is 12.2. The Balaban J connectivity index is 2.75. The topological polar surface area (TPSA) is 52.0 Å². The minimum atomic E-state index is -0.325. The molecule has 0 saturated heterocycles. The molecule has 0 fully saturated rings. The molecule has 4 heteroatoms. The Morgan fingerprint density at radius 3 is 2.55 bits per heavy atom. The molecule has 104 valence electrons. The van der Waals surface area contributed by atoms with Gasteiger partial charge in [0.1, 0.15) is 0 Å². The monoisotopic (exact) mass is 270 g/mol. The van der Waals surface area contributed by atoms with Gasteiger partial charge in [-0.2, -0.15) is 5.10 Å². The van der Waals surface area contributed by atoms with Crippen molar-refractivity contribution < 1.29 is 4.79 Å². The third-order valence-electron chi connectivity index (χ3n) is 3.32. The highest BCUT2D eigenvalue weighted by Gasteiger charge is 2.13. The van der Waals surface area contributed by atoms with Crippen molar-refractivity contribution in [3.05, 3.63) is 51.3 Å². The summed E-state index contributed by atoms with van der Waals surface area (Å²) in [6.45, 7) is 7.68. The molecule has 1 aromatic carbocycles. The molecule has 0 bridgehead atoms. The number of rotatable bonds is 3. The summed E-state index contributed by atoms with van der Waals surface area (Å²) in [6.07, 6.45) is 0. The van der Waals surface area contributed by atoms with E-state index in [1.165, 1.54) is 11.6 Å². The van der Waals surface area contributed by atoms with Crippen molar-refractivity contribution in [2.45, 2.75) is 34.2 Å². The van der Waals surface area contributed by atoms with Crippen molar-refractivity contribution >= 4 is 5.78 Å². The van der Waals surface area contributed by atoms with Gasteiger partial charge in [0.2, 0.25) is 0 Å². The third-order valence-corrected chi connectivity index (χ3v) is 3.32. The van der Waals surface area contributed by atoms with Crippen LogP contribution in [-0.4, -0.2) is 15.6 Å². The average molecular weight is 270 g/mol. The number of Topliss-reactive ketones (excluding diaryl/α,β-unsaturated/α-hetero) is 1. The smallest absolute Gasteiger partial charge is 0.277 e. The number of nitrogens with zero attached hydrogens (tertiary/aromatic N) is 2. The molecule has 1 aromatic heterocycles. The fourth-order valence-electron chi connectivity index (χ4n) is 2.15. The number of hydrogen-bond donors (Lipinski definition) is 0. The lowest BCUT2D eigenvalue weighted by Crippen LogP contribution is -2.27. The van der Waals surface area contributed by atoms with Crippen LogP contribution in [0, 0.1) is 13.8 Å². The van der Waals surface area contributed by atoms with Gasteiger partial charge in [-0.05, 0) is 45.4 Å². The average Bonchev–Trinajstić information content (AvgIpc) is 2.41. The molecule has 0 unspecified atom stereocenters. The fraction of sp³-hybridized carbons (Fsp3) is 0.312. The molecule has 0 atom stereocenters.